The van der Waals surface area contributed by atoms with Crippen molar-refractivity contribution in [3.8, 4) is 0 Å². The Morgan fingerprint density at radius 2 is 1.17 bits per heavy atom. The van der Waals surface area contributed by atoms with Crippen LogP contribution in [0.3, 0.4) is 0 Å². The lowest BCUT2D eigenvalue weighted by molar-refractivity contribution is -0.139. The number of carbonyl (C=O) groups excluding carboxylic acids is 4. The Morgan fingerprint density at radius 1 is 0.792 bits per heavy atom. The van der Waals surface area contributed by atoms with Gasteiger partial charge in [0.05, 0.1) is 10.5 Å². The fraction of sp³-hybridized carbons (Fsp3) is 0.714. The van der Waals surface area contributed by atoms with Crippen LogP contribution < -0.4 is 0 Å². The summed E-state index contributed by atoms with van der Waals surface area (Å²) in [7, 11) is 3.11. The number of hydrogen-bond acceptors (Lipinski definition) is 8. The molecule has 24 heavy (non-hydrogen) atoms. The molecule has 2 unspecified atom stereocenters. The van der Waals surface area contributed by atoms with Crippen LogP contribution in [0.1, 0.15) is 12.8 Å². The van der Waals surface area contributed by atoms with Crippen molar-refractivity contribution in [1.29, 1.82) is 0 Å². The van der Waals surface area contributed by atoms with Crippen LogP contribution in [0.5, 0.6) is 0 Å². The molecule has 2 heterocycles. The van der Waals surface area contributed by atoms with E-state index in [4.69, 9.17) is 0 Å². The Bertz CT molecular complexity index is 485. The Labute approximate surface area is 158 Å². The molecule has 0 aliphatic carbocycles. The number of hydrogen-bond donors (Lipinski definition) is 0. The standard InChI is InChI=1S/C14H20N2O4S4/c1-21-9-7-11(17)15(13(9)19)3-5-23-24-6-4-16-12(18)8-10(22-2)14(16)20/h9-10H,3-8H2,1-2H3. The summed E-state index contributed by atoms with van der Waals surface area (Å²) >= 11 is 2.83. The van der Waals surface area contributed by atoms with Crippen LogP contribution in [0.15, 0.2) is 0 Å². The van der Waals surface area contributed by atoms with Gasteiger partial charge in [0.15, 0.2) is 0 Å². The summed E-state index contributed by atoms with van der Waals surface area (Å²) < 4.78 is 0. The van der Waals surface area contributed by atoms with Crippen molar-refractivity contribution >= 4 is 68.7 Å². The maximum Gasteiger partial charge on any atom is 0.242 e. The number of carbonyl (C=O) groups is 4. The third-order valence-electron chi connectivity index (χ3n) is 3.85. The van der Waals surface area contributed by atoms with E-state index in [1.807, 2.05) is 12.5 Å². The first-order valence-electron chi connectivity index (χ1n) is 7.48. The van der Waals surface area contributed by atoms with Crippen molar-refractivity contribution in [3.63, 3.8) is 0 Å². The molecular weight excluding hydrogens is 388 g/mol. The molecule has 0 spiro atoms. The average Bonchev–Trinajstić information content (AvgIpc) is 3.00. The molecule has 2 aliphatic rings. The second-order valence-corrected chi connectivity index (χ2v) is 10.1. The number of imide groups is 2. The van der Waals surface area contributed by atoms with E-state index in [1.165, 1.54) is 33.3 Å². The highest BCUT2D eigenvalue weighted by Gasteiger charge is 2.38. The van der Waals surface area contributed by atoms with E-state index < -0.39 is 0 Å². The van der Waals surface area contributed by atoms with Gasteiger partial charge in [-0.05, 0) is 12.5 Å². The van der Waals surface area contributed by atoms with Crippen molar-refractivity contribution in [1.82, 2.24) is 9.80 Å². The van der Waals surface area contributed by atoms with E-state index in [0.717, 1.165) is 0 Å². The molecule has 0 N–H and O–H groups in total. The van der Waals surface area contributed by atoms with Crippen LogP contribution in [-0.2, 0) is 19.2 Å². The molecule has 0 saturated carbocycles. The minimum Gasteiger partial charge on any atom is -0.281 e. The third-order valence-corrected chi connectivity index (χ3v) is 8.09. The lowest BCUT2D eigenvalue weighted by Gasteiger charge is -2.15. The molecule has 0 radical (unpaired) electrons. The second kappa shape index (κ2) is 9.40. The first-order valence-corrected chi connectivity index (χ1v) is 12.5. The van der Waals surface area contributed by atoms with Crippen LogP contribution >= 0.6 is 45.1 Å². The van der Waals surface area contributed by atoms with Crippen LogP contribution in [0.25, 0.3) is 0 Å². The van der Waals surface area contributed by atoms with Gasteiger partial charge in [-0.15, -0.1) is 0 Å². The molecule has 0 bridgehead atoms. The number of likely N-dealkylation sites (tertiary alicyclic amines) is 2. The van der Waals surface area contributed by atoms with E-state index in [1.54, 1.807) is 21.6 Å². The van der Waals surface area contributed by atoms with Gasteiger partial charge in [0.25, 0.3) is 0 Å². The fourth-order valence-corrected chi connectivity index (χ4v) is 5.70. The number of rotatable bonds is 9. The van der Waals surface area contributed by atoms with Gasteiger partial charge in [-0.1, -0.05) is 21.6 Å². The maximum absolute atomic E-state index is 12.0. The normalized spacial score (nSPS) is 24.6. The highest BCUT2D eigenvalue weighted by Crippen LogP contribution is 2.27. The van der Waals surface area contributed by atoms with E-state index in [0.29, 0.717) is 37.4 Å². The van der Waals surface area contributed by atoms with E-state index in [-0.39, 0.29) is 34.1 Å². The fourth-order valence-electron chi connectivity index (χ4n) is 2.52. The molecule has 0 aromatic heterocycles. The lowest BCUT2D eigenvalue weighted by atomic mass is 10.4. The third kappa shape index (κ3) is 4.64. The van der Waals surface area contributed by atoms with Gasteiger partial charge in [0, 0.05) is 37.4 Å². The van der Waals surface area contributed by atoms with Crippen LogP contribution in [0.2, 0.25) is 0 Å². The summed E-state index contributed by atoms with van der Waals surface area (Å²) in [5, 5.41) is -0.460. The summed E-state index contributed by atoms with van der Waals surface area (Å²) in [6.07, 6.45) is 4.28. The minimum atomic E-state index is -0.230. The van der Waals surface area contributed by atoms with Gasteiger partial charge in [-0.2, -0.15) is 23.5 Å². The largest absolute Gasteiger partial charge is 0.281 e. The van der Waals surface area contributed by atoms with Crippen LogP contribution in [0.4, 0.5) is 0 Å². The average molecular weight is 409 g/mol. The van der Waals surface area contributed by atoms with Crippen molar-refractivity contribution < 1.29 is 19.2 Å². The SMILES string of the molecule is CSC1CC(=O)N(CCSSCCN2C(=O)CC(SC)C2=O)C1=O. The van der Waals surface area contributed by atoms with E-state index in [2.05, 4.69) is 0 Å². The Kier molecular flexibility index (Phi) is 7.83. The molecule has 2 atom stereocenters. The predicted octanol–water partition coefficient (Wildman–Crippen LogP) is 1.35. The molecule has 0 aromatic rings. The number of amides is 4. The van der Waals surface area contributed by atoms with Gasteiger partial charge in [-0.3, -0.25) is 29.0 Å². The maximum atomic E-state index is 12.0. The minimum absolute atomic E-state index is 0.0885. The topological polar surface area (TPSA) is 74.8 Å². The first kappa shape index (κ1) is 20.0. The summed E-state index contributed by atoms with van der Waals surface area (Å²) in [6, 6.07) is 0. The molecule has 2 fully saturated rings. The van der Waals surface area contributed by atoms with Gasteiger partial charge in [-0.25, -0.2) is 0 Å². The highest BCUT2D eigenvalue weighted by molar-refractivity contribution is 8.76. The van der Waals surface area contributed by atoms with Crippen molar-refractivity contribution in [2.45, 2.75) is 23.3 Å². The van der Waals surface area contributed by atoms with Crippen LogP contribution in [0, 0.1) is 0 Å². The van der Waals surface area contributed by atoms with Crippen LogP contribution in [-0.4, -0.2) is 81.0 Å². The molecule has 134 valence electrons. The molecule has 6 nitrogen and oxygen atoms in total. The molecule has 0 aromatic carbocycles. The Morgan fingerprint density at radius 3 is 1.46 bits per heavy atom. The monoisotopic (exact) mass is 408 g/mol. The molecule has 10 heteroatoms. The van der Waals surface area contributed by atoms with Gasteiger partial charge >= 0.3 is 0 Å². The summed E-state index contributed by atoms with van der Waals surface area (Å²) in [6.45, 7) is 0.838. The second-order valence-electron chi connectivity index (χ2n) is 5.27. The van der Waals surface area contributed by atoms with Crippen molar-refractivity contribution in [3.05, 3.63) is 0 Å². The lowest BCUT2D eigenvalue weighted by Crippen LogP contribution is -2.33. The van der Waals surface area contributed by atoms with Gasteiger partial charge in [0.2, 0.25) is 23.6 Å². The zero-order chi connectivity index (χ0) is 17.7. The zero-order valence-electron chi connectivity index (χ0n) is 13.6. The summed E-state index contributed by atoms with van der Waals surface area (Å²) in [5.41, 5.74) is 0. The number of nitrogens with zero attached hydrogens (tertiary/aromatic N) is 2. The quantitative estimate of drug-likeness (QED) is 0.322. The van der Waals surface area contributed by atoms with E-state index >= 15 is 0 Å². The van der Waals surface area contributed by atoms with Crippen molar-refractivity contribution in [2.75, 3.05) is 37.1 Å². The number of thioether (sulfide) groups is 2. The molecular formula is C14H20N2O4S4. The molecule has 2 rings (SSSR count). The summed E-state index contributed by atoms with van der Waals surface area (Å²) in [4.78, 5) is 50.1. The zero-order valence-corrected chi connectivity index (χ0v) is 16.8. The molecule has 4 amide bonds. The predicted molar refractivity (Wildman–Crippen MR) is 102 cm³/mol. The van der Waals surface area contributed by atoms with Gasteiger partial charge in [0.1, 0.15) is 0 Å². The molecule has 2 aliphatic heterocycles. The highest BCUT2D eigenvalue weighted by atomic mass is 33.1. The Hall–Kier alpha value is -0.320. The first-order chi connectivity index (χ1) is 11.5. The Balaban J connectivity index is 1.62. The summed E-state index contributed by atoms with van der Waals surface area (Å²) in [5.74, 6) is 0.934. The van der Waals surface area contributed by atoms with E-state index in [9.17, 15) is 19.2 Å². The van der Waals surface area contributed by atoms with Gasteiger partial charge < -0.3 is 0 Å². The smallest absolute Gasteiger partial charge is 0.242 e. The molecule has 2 saturated heterocycles. The van der Waals surface area contributed by atoms with Crippen molar-refractivity contribution in [2.24, 2.45) is 0 Å².